The number of nitrogens with one attached hydrogen (secondary N) is 4. The van der Waals surface area contributed by atoms with E-state index in [0.29, 0.717) is 27.9 Å². The first kappa shape index (κ1) is 25.9. The van der Waals surface area contributed by atoms with Gasteiger partial charge in [-0.15, -0.1) is 0 Å². The summed E-state index contributed by atoms with van der Waals surface area (Å²) in [6, 6.07) is 5.37. The van der Waals surface area contributed by atoms with E-state index in [-0.39, 0.29) is 17.6 Å². The molecule has 0 bridgehead atoms. The van der Waals surface area contributed by atoms with Gasteiger partial charge in [0.25, 0.3) is 0 Å². The molecule has 0 aliphatic carbocycles. The summed E-state index contributed by atoms with van der Waals surface area (Å²) in [7, 11) is 5.60. The van der Waals surface area contributed by atoms with Crippen molar-refractivity contribution < 1.29 is 9.53 Å². The first-order valence-electron chi connectivity index (χ1n) is 11.0. The highest BCUT2D eigenvalue weighted by molar-refractivity contribution is 7.19. The maximum absolute atomic E-state index is 12.2. The van der Waals surface area contributed by atoms with Crippen LogP contribution in [-0.4, -0.2) is 72.1 Å². The first-order chi connectivity index (χ1) is 16.7. The van der Waals surface area contributed by atoms with Crippen LogP contribution in [0.15, 0.2) is 24.4 Å². The van der Waals surface area contributed by atoms with E-state index in [1.807, 2.05) is 46.1 Å². The highest BCUT2D eigenvalue weighted by Gasteiger charge is 2.17. The predicted molar refractivity (Wildman–Crippen MR) is 140 cm³/mol. The van der Waals surface area contributed by atoms with Gasteiger partial charge in [0.2, 0.25) is 0 Å². The molecule has 3 aromatic rings. The molecule has 0 saturated carbocycles. The zero-order valence-electron chi connectivity index (χ0n) is 20.5. The maximum Gasteiger partial charge on any atom is 0.321 e. The minimum absolute atomic E-state index is 0.100. The number of aromatic nitrogens is 3. The molecule has 0 spiro atoms. The topological polar surface area (TPSA) is 140 Å². The monoisotopic (exact) mass is 494 g/mol. The second-order valence-corrected chi connectivity index (χ2v) is 9.25. The summed E-state index contributed by atoms with van der Waals surface area (Å²) in [6.07, 6.45) is 3.39. The Morgan fingerprint density at radius 3 is 2.49 bits per heavy atom. The van der Waals surface area contributed by atoms with Crippen molar-refractivity contribution in [2.45, 2.75) is 20.3 Å². The maximum atomic E-state index is 12.2. The third-order valence-corrected chi connectivity index (χ3v) is 6.09. The molecule has 0 aliphatic heterocycles. The number of hydrogen-bond donors (Lipinski definition) is 4. The number of urea groups is 1. The van der Waals surface area contributed by atoms with Crippen LogP contribution in [0.2, 0.25) is 0 Å². The smallest absolute Gasteiger partial charge is 0.321 e. The van der Waals surface area contributed by atoms with Crippen molar-refractivity contribution in [3.05, 3.63) is 41.3 Å². The third-order valence-electron chi connectivity index (χ3n) is 5.16. The number of thiazole rings is 1. The fourth-order valence-corrected chi connectivity index (χ4v) is 4.29. The van der Waals surface area contributed by atoms with Crippen LogP contribution in [-0.2, 0) is 0 Å². The molecule has 35 heavy (non-hydrogen) atoms. The summed E-state index contributed by atoms with van der Waals surface area (Å²) < 4.78 is 5.37. The van der Waals surface area contributed by atoms with Crippen LogP contribution in [0.25, 0.3) is 21.8 Å². The second kappa shape index (κ2) is 11.6. The number of ether oxygens (including phenoxy) is 1. The number of anilines is 1. The summed E-state index contributed by atoms with van der Waals surface area (Å²) in [5.74, 6) is 0.896. The second-order valence-electron chi connectivity index (χ2n) is 8.22. The molecule has 0 atom stereocenters. The number of aryl methyl sites for hydroxylation is 2. The van der Waals surface area contributed by atoms with Gasteiger partial charge in [-0.2, -0.15) is 0 Å². The Hall–Kier alpha value is -3.70. The van der Waals surface area contributed by atoms with Gasteiger partial charge in [-0.25, -0.2) is 19.7 Å². The van der Waals surface area contributed by atoms with Gasteiger partial charge in [0.15, 0.2) is 11.0 Å². The summed E-state index contributed by atoms with van der Waals surface area (Å²) in [5, 5.41) is 21.6. The number of methoxy groups -OCH3 is 1. The number of nitrogens with zero attached hydrogens (tertiary/aromatic N) is 4. The minimum Gasteiger partial charge on any atom is -0.497 e. The number of rotatable bonds is 10. The van der Waals surface area contributed by atoms with Gasteiger partial charge in [0.05, 0.1) is 23.4 Å². The molecule has 0 radical (unpaired) electrons. The van der Waals surface area contributed by atoms with E-state index in [0.717, 1.165) is 41.6 Å². The average molecular weight is 495 g/mol. The van der Waals surface area contributed by atoms with Gasteiger partial charge in [0, 0.05) is 24.5 Å². The molecule has 2 aromatic heterocycles. The molecule has 4 N–H and O–H groups in total. The molecule has 2 heterocycles. The molecule has 11 heteroatoms. The number of carbonyl (C=O) groups excluding carboxylic acids is 1. The average Bonchev–Trinajstić information content (AvgIpc) is 3.29. The van der Waals surface area contributed by atoms with E-state index in [2.05, 4.69) is 30.5 Å². The van der Waals surface area contributed by atoms with Crippen molar-refractivity contribution >= 4 is 34.4 Å². The Morgan fingerprint density at radius 1 is 1.17 bits per heavy atom. The lowest BCUT2D eigenvalue weighted by molar-refractivity contribution is 0.251. The molecular formula is C24H30N8O2S. The molecule has 2 amide bonds. The molecule has 0 fully saturated rings. The van der Waals surface area contributed by atoms with E-state index in [9.17, 15) is 4.79 Å². The summed E-state index contributed by atoms with van der Waals surface area (Å²) in [6.45, 7) is 5.39. The van der Waals surface area contributed by atoms with Gasteiger partial charge in [0.1, 0.15) is 11.5 Å². The molecule has 0 unspecified atom stereocenters. The van der Waals surface area contributed by atoms with Crippen LogP contribution >= 0.6 is 11.3 Å². The van der Waals surface area contributed by atoms with E-state index in [4.69, 9.17) is 15.6 Å². The molecular weight excluding hydrogens is 464 g/mol. The zero-order chi connectivity index (χ0) is 25.5. The lowest BCUT2D eigenvalue weighted by atomic mass is 9.98. The van der Waals surface area contributed by atoms with Gasteiger partial charge in [-0.3, -0.25) is 10.7 Å². The van der Waals surface area contributed by atoms with Gasteiger partial charge in [-0.1, -0.05) is 11.3 Å². The number of hydrogen-bond acceptors (Lipinski definition) is 9. The largest absolute Gasteiger partial charge is 0.497 e. The van der Waals surface area contributed by atoms with Crippen LogP contribution in [0.3, 0.4) is 0 Å². The van der Waals surface area contributed by atoms with Crippen LogP contribution in [0.1, 0.15) is 23.4 Å². The zero-order valence-corrected chi connectivity index (χ0v) is 21.3. The van der Waals surface area contributed by atoms with Crippen molar-refractivity contribution in [2.24, 2.45) is 0 Å². The van der Waals surface area contributed by atoms with Crippen LogP contribution in [0, 0.1) is 24.7 Å². The van der Waals surface area contributed by atoms with Gasteiger partial charge in [-0.05, 0) is 70.2 Å². The molecule has 3 rings (SSSR count). The Bertz CT molecular complexity index is 1220. The van der Waals surface area contributed by atoms with Crippen molar-refractivity contribution in [3.8, 4) is 27.6 Å². The normalized spacial score (nSPS) is 10.8. The molecule has 184 valence electrons. The fourth-order valence-electron chi connectivity index (χ4n) is 3.52. The Kier molecular flexibility index (Phi) is 8.61. The lowest BCUT2D eigenvalue weighted by Gasteiger charge is -2.13. The van der Waals surface area contributed by atoms with E-state index >= 15 is 0 Å². The Labute approximate surface area is 208 Å². The van der Waals surface area contributed by atoms with Gasteiger partial charge >= 0.3 is 6.03 Å². The summed E-state index contributed by atoms with van der Waals surface area (Å²) in [5.41, 5.74) is 3.94. The van der Waals surface area contributed by atoms with Gasteiger partial charge < -0.3 is 20.4 Å². The quantitative estimate of drug-likeness (QED) is 0.248. The Morgan fingerprint density at radius 2 is 1.86 bits per heavy atom. The molecule has 1 aromatic carbocycles. The van der Waals surface area contributed by atoms with E-state index < -0.39 is 0 Å². The molecule has 0 aliphatic rings. The van der Waals surface area contributed by atoms with Crippen molar-refractivity contribution in [1.29, 1.82) is 10.8 Å². The first-order valence-corrected chi connectivity index (χ1v) is 11.8. The summed E-state index contributed by atoms with van der Waals surface area (Å²) >= 11 is 1.28. The number of carbonyl (C=O) groups is 1. The van der Waals surface area contributed by atoms with Crippen molar-refractivity contribution in [1.82, 2.24) is 25.2 Å². The third kappa shape index (κ3) is 6.67. The predicted octanol–water partition coefficient (Wildman–Crippen LogP) is 3.98. The molecule has 0 saturated heterocycles. The fraction of sp³-hybridized carbons (Fsp3) is 0.333. The highest BCUT2D eigenvalue weighted by Crippen LogP contribution is 2.34. The van der Waals surface area contributed by atoms with Crippen LogP contribution in [0.5, 0.6) is 5.75 Å². The highest BCUT2D eigenvalue weighted by atomic mass is 32.1. The van der Waals surface area contributed by atoms with E-state index in [1.54, 1.807) is 13.3 Å². The number of benzene rings is 1. The van der Waals surface area contributed by atoms with E-state index in [1.165, 1.54) is 11.3 Å². The van der Waals surface area contributed by atoms with Crippen molar-refractivity contribution in [3.63, 3.8) is 0 Å². The minimum atomic E-state index is -0.316. The van der Waals surface area contributed by atoms with Crippen LogP contribution < -0.4 is 15.4 Å². The lowest BCUT2D eigenvalue weighted by Crippen LogP contribution is -2.31. The van der Waals surface area contributed by atoms with Crippen molar-refractivity contribution in [2.75, 3.05) is 39.6 Å². The summed E-state index contributed by atoms with van der Waals surface area (Å²) in [4.78, 5) is 28.3. The standard InChI is InChI=1S/C24H30N8O2S/c1-14-9-16(34-5)10-15(2)21(14)19-11-18(29-22(30-19)17(26)12-25)20-13-28-24(35-20)31-23(33)27-7-6-8-32(3)4/h9-13,25-26H,6-8H2,1-5H3,(H2,27,28,31,33). The molecule has 10 nitrogen and oxygen atoms in total. The SMILES string of the molecule is COc1cc(C)c(-c2cc(-c3cnc(NC(=O)NCCCN(C)C)s3)nc(C(=N)C=N)n2)c(C)c1. The Balaban J connectivity index is 1.89. The number of amides is 2. The van der Waals surface area contributed by atoms with Crippen LogP contribution in [0.4, 0.5) is 9.93 Å².